The Morgan fingerprint density at radius 3 is 2.88 bits per heavy atom. The number of aromatic nitrogens is 1. The molecule has 2 heterocycles. The van der Waals surface area contributed by atoms with Crippen LogP contribution in [0.2, 0.25) is 0 Å². The Labute approximate surface area is 141 Å². The lowest BCUT2D eigenvalue weighted by Gasteiger charge is -2.18. The first-order valence-electron chi connectivity index (χ1n) is 7.42. The summed E-state index contributed by atoms with van der Waals surface area (Å²) in [4.78, 5) is 16.5. The number of thiazole rings is 1. The zero-order valence-electron chi connectivity index (χ0n) is 12.5. The molecule has 0 bridgehead atoms. The SMILES string of the molecule is O=C(Cc1ccc2c(c1)OCCO2)Nc1nc2ccc(F)cc2s1. The van der Waals surface area contributed by atoms with Crippen LogP contribution in [-0.4, -0.2) is 24.1 Å². The molecule has 0 fully saturated rings. The monoisotopic (exact) mass is 344 g/mol. The third-order valence-corrected chi connectivity index (χ3v) is 4.50. The van der Waals surface area contributed by atoms with E-state index >= 15 is 0 Å². The number of hydrogen-bond acceptors (Lipinski definition) is 5. The van der Waals surface area contributed by atoms with E-state index in [1.165, 1.54) is 23.5 Å². The van der Waals surface area contributed by atoms with Gasteiger partial charge in [-0.3, -0.25) is 4.79 Å². The third kappa shape index (κ3) is 3.03. The van der Waals surface area contributed by atoms with Crippen molar-refractivity contribution in [2.45, 2.75) is 6.42 Å². The molecule has 1 aliphatic rings. The van der Waals surface area contributed by atoms with Gasteiger partial charge in [0.25, 0.3) is 0 Å². The molecule has 1 amide bonds. The molecular weight excluding hydrogens is 331 g/mol. The second-order valence-corrected chi connectivity index (χ2v) is 6.36. The summed E-state index contributed by atoms with van der Waals surface area (Å²) in [5.74, 6) is 0.840. The van der Waals surface area contributed by atoms with Gasteiger partial charge in [-0.15, -0.1) is 0 Å². The highest BCUT2D eigenvalue weighted by molar-refractivity contribution is 7.22. The molecule has 1 aliphatic heterocycles. The van der Waals surface area contributed by atoms with Crippen molar-refractivity contribution in [3.63, 3.8) is 0 Å². The molecule has 0 radical (unpaired) electrons. The van der Waals surface area contributed by atoms with Gasteiger partial charge in [0, 0.05) is 0 Å². The third-order valence-electron chi connectivity index (χ3n) is 3.57. The van der Waals surface area contributed by atoms with Crippen LogP contribution in [0.25, 0.3) is 10.2 Å². The van der Waals surface area contributed by atoms with Crippen LogP contribution in [0.1, 0.15) is 5.56 Å². The summed E-state index contributed by atoms with van der Waals surface area (Å²) in [7, 11) is 0. The Morgan fingerprint density at radius 2 is 2.00 bits per heavy atom. The standard InChI is InChI=1S/C17H13FN2O3S/c18-11-2-3-12-15(9-11)24-17(19-12)20-16(21)8-10-1-4-13-14(7-10)23-6-5-22-13/h1-4,7,9H,5-6,8H2,(H,19,20,21). The van der Waals surface area contributed by atoms with Crippen molar-refractivity contribution in [3.05, 3.63) is 47.8 Å². The topological polar surface area (TPSA) is 60.5 Å². The van der Waals surface area contributed by atoms with E-state index in [4.69, 9.17) is 9.47 Å². The van der Waals surface area contributed by atoms with Gasteiger partial charge in [0.1, 0.15) is 19.0 Å². The average molecular weight is 344 g/mol. The second kappa shape index (κ2) is 6.09. The number of ether oxygens (including phenoxy) is 2. The van der Waals surface area contributed by atoms with Gasteiger partial charge in [-0.1, -0.05) is 17.4 Å². The van der Waals surface area contributed by atoms with E-state index < -0.39 is 0 Å². The molecule has 7 heteroatoms. The normalized spacial score (nSPS) is 13.0. The number of nitrogens with one attached hydrogen (secondary N) is 1. The fraction of sp³-hybridized carbons (Fsp3) is 0.176. The minimum Gasteiger partial charge on any atom is -0.486 e. The molecule has 3 aromatic rings. The highest BCUT2D eigenvalue weighted by atomic mass is 32.1. The summed E-state index contributed by atoms with van der Waals surface area (Å²) in [6.07, 6.45) is 0.195. The van der Waals surface area contributed by atoms with Crippen molar-refractivity contribution >= 4 is 32.6 Å². The summed E-state index contributed by atoms with van der Waals surface area (Å²) in [5, 5.41) is 3.21. The van der Waals surface area contributed by atoms with E-state index in [1.807, 2.05) is 12.1 Å². The van der Waals surface area contributed by atoms with Crippen LogP contribution in [0.15, 0.2) is 36.4 Å². The van der Waals surface area contributed by atoms with E-state index in [1.54, 1.807) is 12.1 Å². The first kappa shape index (κ1) is 14.9. The molecule has 0 aliphatic carbocycles. The Hall–Kier alpha value is -2.67. The van der Waals surface area contributed by atoms with Gasteiger partial charge >= 0.3 is 0 Å². The Morgan fingerprint density at radius 1 is 1.17 bits per heavy atom. The van der Waals surface area contributed by atoms with Crippen molar-refractivity contribution in [3.8, 4) is 11.5 Å². The number of anilines is 1. The molecular formula is C17H13FN2O3S. The molecule has 0 saturated heterocycles. The summed E-state index contributed by atoms with van der Waals surface area (Å²) in [6, 6.07) is 9.80. The fourth-order valence-corrected chi connectivity index (χ4v) is 3.41. The molecule has 1 N–H and O–H groups in total. The zero-order chi connectivity index (χ0) is 16.5. The molecule has 4 rings (SSSR count). The highest BCUT2D eigenvalue weighted by Crippen LogP contribution is 2.31. The lowest BCUT2D eigenvalue weighted by molar-refractivity contribution is -0.115. The van der Waals surface area contributed by atoms with Crippen LogP contribution in [0.4, 0.5) is 9.52 Å². The van der Waals surface area contributed by atoms with E-state index in [0.29, 0.717) is 40.1 Å². The summed E-state index contributed by atoms with van der Waals surface area (Å²) >= 11 is 1.25. The fourth-order valence-electron chi connectivity index (χ4n) is 2.50. The number of rotatable bonds is 3. The van der Waals surface area contributed by atoms with Gasteiger partial charge in [-0.05, 0) is 35.9 Å². The lowest BCUT2D eigenvalue weighted by Crippen LogP contribution is -2.17. The molecule has 1 aromatic heterocycles. The minimum absolute atomic E-state index is 0.189. The summed E-state index contributed by atoms with van der Waals surface area (Å²) < 4.78 is 24.9. The first-order valence-corrected chi connectivity index (χ1v) is 8.23. The predicted octanol–water partition coefficient (Wildman–Crippen LogP) is 3.39. The van der Waals surface area contributed by atoms with Crippen LogP contribution in [0.3, 0.4) is 0 Å². The van der Waals surface area contributed by atoms with Crippen LogP contribution >= 0.6 is 11.3 Å². The Kier molecular flexibility index (Phi) is 3.78. The largest absolute Gasteiger partial charge is 0.486 e. The first-order chi connectivity index (χ1) is 11.7. The number of benzene rings is 2. The number of amides is 1. The van der Waals surface area contributed by atoms with Gasteiger partial charge in [0.2, 0.25) is 5.91 Å². The summed E-state index contributed by atoms with van der Waals surface area (Å²) in [5.41, 5.74) is 1.49. The number of halogens is 1. The number of hydrogen-bond donors (Lipinski definition) is 1. The maximum absolute atomic E-state index is 13.2. The van der Waals surface area contributed by atoms with Crippen molar-refractivity contribution in [1.82, 2.24) is 4.98 Å². The molecule has 0 saturated carbocycles. The van der Waals surface area contributed by atoms with Gasteiger partial charge < -0.3 is 14.8 Å². The minimum atomic E-state index is -0.319. The van der Waals surface area contributed by atoms with Crippen LogP contribution in [-0.2, 0) is 11.2 Å². The predicted molar refractivity (Wildman–Crippen MR) is 89.3 cm³/mol. The van der Waals surface area contributed by atoms with Crippen molar-refractivity contribution in [1.29, 1.82) is 0 Å². The van der Waals surface area contributed by atoms with E-state index in [-0.39, 0.29) is 18.1 Å². The maximum Gasteiger partial charge on any atom is 0.230 e. The number of carbonyl (C=O) groups is 1. The van der Waals surface area contributed by atoms with Crippen LogP contribution in [0, 0.1) is 5.82 Å². The van der Waals surface area contributed by atoms with Gasteiger partial charge in [-0.2, -0.15) is 0 Å². The molecule has 0 unspecified atom stereocenters. The van der Waals surface area contributed by atoms with E-state index in [0.717, 1.165) is 5.56 Å². The molecule has 122 valence electrons. The van der Waals surface area contributed by atoms with Crippen LogP contribution < -0.4 is 14.8 Å². The van der Waals surface area contributed by atoms with Gasteiger partial charge in [0.05, 0.1) is 16.6 Å². The maximum atomic E-state index is 13.2. The average Bonchev–Trinajstić information content (AvgIpc) is 2.95. The quantitative estimate of drug-likeness (QED) is 0.791. The van der Waals surface area contributed by atoms with E-state index in [2.05, 4.69) is 10.3 Å². The van der Waals surface area contributed by atoms with Crippen LogP contribution in [0.5, 0.6) is 11.5 Å². The molecule has 0 atom stereocenters. The molecule has 0 spiro atoms. The Balaban J connectivity index is 1.47. The zero-order valence-corrected chi connectivity index (χ0v) is 13.4. The number of fused-ring (bicyclic) bond motifs is 2. The number of nitrogens with zero attached hydrogens (tertiary/aromatic N) is 1. The van der Waals surface area contributed by atoms with Gasteiger partial charge in [0.15, 0.2) is 16.6 Å². The highest BCUT2D eigenvalue weighted by Gasteiger charge is 2.14. The van der Waals surface area contributed by atoms with Crippen molar-refractivity contribution in [2.24, 2.45) is 0 Å². The Bertz CT molecular complexity index is 925. The van der Waals surface area contributed by atoms with Gasteiger partial charge in [-0.25, -0.2) is 9.37 Å². The molecule has 2 aromatic carbocycles. The lowest BCUT2D eigenvalue weighted by atomic mass is 10.1. The molecule has 24 heavy (non-hydrogen) atoms. The second-order valence-electron chi connectivity index (χ2n) is 5.33. The smallest absolute Gasteiger partial charge is 0.230 e. The number of carbonyl (C=O) groups excluding carboxylic acids is 1. The summed E-state index contributed by atoms with van der Waals surface area (Å²) in [6.45, 7) is 1.04. The molecule has 5 nitrogen and oxygen atoms in total. The van der Waals surface area contributed by atoms with Crippen molar-refractivity contribution < 1.29 is 18.7 Å². The van der Waals surface area contributed by atoms with Crippen molar-refractivity contribution in [2.75, 3.05) is 18.5 Å². The van der Waals surface area contributed by atoms with E-state index in [9.17, 15) is 9.18 Å².